The lowest BCUT2D eigenvalue weighted by molar-refractivity contribution is -0.147. The van der Waals surface area contributed by atoms with Crippen molar-refractivity contribution in [3.05, 3.63) is 73.1 Å². The van der Waals surface area contributed by atoms with Gasteiger partial charge in [-0.2, -0.15) is 0 Å². The van der Waals surface area contributed by atoms with E-state index in [9.17, 15) is 14.3 Å². The van der Waals surface area contributed by atoms with E-state index in [1.165, 1.54) is 64.2 Å². The quantitative estimate of drug-likeness (QED) is 0.0216. The smallest absolute Gasteiger partial charge is 0.472 e. The first-order chi connectivity index (χ1) is 24.4. The second-order valence-corrected chi connectivity index (χ2v) is 13.9. The van der Waals surface area contributed by atoms with Gasteiger partial charge in [0.25, 0.3) is 0 Å². The molecule has 0 aliphatic rings. The second kappa shape index (κ2) is 38.0. The van der Waals surface area contributed by atoms with Gasteiger partial charge in [-0.25, -0.2) is 4.57 Å². The molecule has 2 atom stereocenters. The number of esters is 1. The van der Waals surface area contributed by atoms with Crippen LogP contribution >= 0.6 is 7.82 Å². The summed E-state index contributed by atoms with van der Waals surface area (Å²) in [6.07, 6.45) is 47.3. The van der Waals surface area contributed by atoms with Gasteiger partial charge in [0.2, 0.25) is 0 Å². The highest BCUT2D eigenvalue weighted by atomic mass is 31.2. The lowest BCUT2D eigenvalue weighted by Crippen LogP contribution is -2.25. The van der Waals surface area contributed by atoms with Crippen LogP contribution in [0.4, 0.5) is 0 Å². The molecule has 0 aromatic carbocycles. The van der Waals surface area contributed by atoms with Gasteiger partial charge in [0.1, 0.15) is 6.61 Å². The molecule has 0 aromatic heterocycles. The third kappa shape index (κ3) is 37.0. The molecule has 8 nitrogen and oxygen atoms in total. The number of rotatable bonds is 36. The molecule has 0 fully saturated rings. The molecule has 1 unspecified atom stereocenters. The molecule has 0 bridgehead atoms. The van der Waals surface area contributed by atoms with Crippen molar-refractivity contribution in [3.63, 3.8) is 0 Å². The van der Waals surface area contributed by atoms with Gasteiger partial charge in [0.15, 0.2) is 6.10 Å². The van der Waals surface area contributed by atoms with E-state index in [0.717, 1.165) is 57.8 Å². The number of carbonyl (C=O) groups is 1. The molecule has 3 N–H and O–H groups in total. The highest BCUT2D eigenvalue weighted by Crippen LogP contribution is 2.43. The molecule has 0 spiro atoms. The maximum Gasteiger partial charge on any atom is 0.472 e. The molecule has 0 rings (SSSR count). The number of ether oxygens (including phenoxy) is 2. The molecule has 0 heterocycles. The molecule has 50 heavy (non-hydrogen) atoms. The molecular formula is C41H72NO7P. The lowest BCUT2D eigenvalue weighted by atomic mass is 10.1. The molecule has 0 saturated heterocycles. The van der Waals surface area contributed by atoms with E-state index in [2.05, 4.69) is 74.6 Å². The van der Waals surface area contributed by atoms with Crippen molar-refractivity contribution < 1.29 is 32.8 Å². The van der Waals surface area contributed by atoms with Gasteiger partial charge < -0.3 is 20.1 Å². The van der Waals surface area contributed by atoms with E-state index < -0.39 is 13.9 Å². The molecule has 0 aliphatic carbocycles. The fraction of sp³-hybridized carbons (Fsp3) is 0.683. The second-order valence-electron chi connectivity index (χ2n) is 12.5. The summed E-state index contributed by atoms with van der Waals surface area (Å²) < 4.78 is 33.1. The molecule has 0 radical (unpaired) electrons. The van der Waals surface area contributed by atoms with Crippen LogP contribution in [0, 0.1) is 0 Å². The Bertz CT molecular complexity index is 989. The van der Waals surface area contributed by atoms with Crippen LogP contribution in [0.2, 0.25) is 0 Å². The Balaban J connectivity index is 4.23. The summed E-state index contributed by atoms with van der Waals surface area (Å²) in [5, 5.41) is 0. The van der Waals surface area contributed by atoms with Crippen molar-refractivity contribution in [1.82, 2.24) is 0 Å². The van der Waals surface area contributed by atoms with Crippen LogP contribution in [0.3, 0.4) is 0 Å². The van der Waals surface area contributed by atoms with E-state index >= 15 is 0 Å². The first kappa shape index (κ1) is 47.8. The number of phosphoric ester groups is 1. The summed E-state index contributed by atoms with van der Waals surface area (Å²) in [5.74, 6) is -0.335. The summed E-state index contributed by atoms with van der Waals surface area (Å²) in [5.41, 5.74) is 5.35. The van der Waals surface area contributed by atoms with Crippen molar-refractivity contribution in [2.45, 2.75) is 155 Å². The van der Waals surface area contributed by atoms with Gasteiger partial charge >= 0.3 is 13.8 Å². The van der Waals surface area contributed by atoms with E-state index in [4.69, 9.17) is 24.3 Å². The summed E-state index contributed by atoms with van der Waals surface area (Å²) in [6.45, 7) is 4.01. The maximum atomic E-state index is 12.3. The number of hydrogen-bond donors (Lipinski definition) is 2. The van der Waals surface area contributed by atoms with Crippen LogP contribution in [0.5, 0.6) is 0 Å². The monoisotopic (exact) mass is 722 g/mol. The van der Waals surface area contributed by atoms with Crippen LogP contribution in [-0.4, -0.2) is 43.3 Å². The maximum absolute atomic E-state index is 12.3. The number of unbranched alkanes of at least 4 members (excludes halogenated alkanes) is 13. The zero-order valence-corrected chi connectivity index (χ0v) is 32.5. The van der Waals surface area contributed by atoms with Crippen molar-refractivity contribution in [1.29, 1.82) is 0 Å². The van der Waals surface area contributed by atoms with Crippen LogP contribution in [0.1, 0.15) is 149 Å². The van der Waals surface area contributed by atoms with Gasteiger partial charge in [0, 0.05) is 13.0 Å². The molecule has 9 heteroatoms. The van der Waals surface area contributed by atoms with E-state index in [0.29, 0.717) is 12.8 Å². The zero-order valence-electron chi connectivity index (χ0n) is 31.6. The Morgan fingerprint density at radius 2 is 1.14 bits per heavy atom. The summed E-state index contributed by atoms with van der Waals surface area (Å²) in [4.78, 5) is 22.2. The van der Waals surface area contributed by atoms with Crippen molar-refractivity contribution in [3.8, 4) is 0 Å². The third-order valence-electron chi connectivity index (χ3n) is 7.70. The Kier molecular flexibility index (Phi) is 36.3. The minimum atomic E-state index is -4.28. The SMILES string of the molecule is CC/C=C\C/C=C\C/C=C\C/C=C\CCCCC(=O)OC[C@H](COP(=O)(O)OCCN)O/C=C\CCCCCCCC/C=C\CCCCCC. The highest BCUT2D eigenvalue weighted by Gasteiger charge is 2.24. The Morgan fingerprint density at radius 3 is 1.72 bits per heavy atom. The van der Waals surface area contributed by atoms with Gasteiger partial charge in [-0.3, -0.25) is 13.8 Å². The average Bonchev–Trinajstić information content (AvgIpc) is 3.11. The lowest BCUT2D eigenvalue weighted by Gasteiger charge is -2.19. The van der Waals surface area contributed by atoms with Crippen molar-refractivity contribution >= 4 is 13.8 Å². The predicted octanol–water partition coefficient (Wildman–Crippen LogP) is 11.5. The first-order valence-corrected chi connectivity index (χ1v) is 21.0. The molecule has 0 aromatic rings. The fourth-order valence-corrected chi connectivity index (χ4v) is 5.55. The predicted molar refractivity (Wildman–Crippen MR) is 210 cm³/mol. The highest BCUT2D eigenvalue weighted by molar-refractivity contribution is 7.47. The third-order valence-corrected chi connectivity index (χ3v) is 8.68. The topological polar surface area (TPSA) is 117 Å². The number of nitrogens with two attached hydrogens (primary N) is 1. The largest absolute Gasteiger partial charge is 0.492 e. The Labute approximate surface area is 305 Å². The minimum absolute atomic E-state index is 0.0903. The average molecular weight is 722 g/mol. The number of hydrogen-bond acceptors (Lipinski definition) is 7. The van der Waals surface area contributed by atoms with Crippen LogP contribution < -0.4 is 5.73 Å². The van der Waals surface area contributed by atoms with E-state index in [1.807, 2.05) is 6.08 Å². The summed E-state index contributed by atoms with van der Waals surface area (Å²) in [7, 11) is -4.28. The molecule has 0 saturated carbocycles. The van der Waals surface area contributed by atoms with Crippen molar-refractivity contribution in [2.75, 3.05) is 26.4 Å². The summed E-state index contributed by atoms with van der Waals surface area (Å²) in [6, 6.07) is 0. The van der Waals surface area contributed by atoms with Gasteiger partial charge in [-0.15, -0.1) is 0 Å². The van der Waals surface area contributed by atoms with Crippen LogP contribution in [0.15, 0.2) is 73.1 Å². The molecule has 288 valence electrons. The molecular weight excluding hydrogens is 649 g/mol. The van der Waals surface area contributed by atoms with Gasteiger partial charge in [0.05, 0.1) is 19.5 Å². The normalized spacial score (nSPS) is 14.3. The standard InChI is InChI=1S/C41H72NO7P/c1-3-5-7-9-11-13-15-17-19-21-23-25-27-29-31-33-36-46-40(39-49-50(44,45)48-37-35-42)38-47-41(43)34-32-30-28-26-24-22-20-18-16-14-12-10-8-6-4-2/h6,8,12-15,18,20,24,26,33,36,40H,3-5,7,9-11,16-17,19,21-23,25,27-32,34-35,37-39,42H2,1-2H3,(H,44,45)/b8-6-,14-12-,15-13-,20-18-,26-24-,36-33-/t40-/m1/s1. The fourth-order valence-electron chi connectivity index (χ4n) is 4.79. The number of allylic oxidation sites excluding steroid dienone is 11. The van der Waals surface area contributed by atoms with Crippen LogP contribution in [-0.2, 0) is 27.9 Å². The Hall–Kier alpha value is -2.22. The Morgan fingerprint density at radius 1 is 0.640 bits per heavy atom. The van der Waals surface area contributed by atoms with E-state index in [1.54, 1.807) is 6.26 Å². The van der Waals surface area contributed by atoms with Gasteiger partial charge in [-0.05, 0) is 89.5 Å². The van der Waals surface area contributed by atoms with Gasteiger partial charge in [-0.1, -0.05) is 120 Å². The molecule has 0 amide bonds. The van der Waals surface area contributed by atoms with Crippen molar-refractivity contribution in [2.24, 2.45) is 5.73 Å². The zero-order chi connectivity index (χ0) is 36.6. The first-order valence-electron chi connectivity index (χ1n) is 19.5. The number of carbonyl (C=O) groups excluding carboxylic acids is 1. The van der Waals surface area contributed by atoms with Crippen LogP contribution in [0.25, 0.3) is 0 Å². The summed E-state index contributed by atoms with van der Waals surface area (Å²) >= 11 is 0. The van der Waals surface area contributed by atoms with E-state index in [-0.39, 0.29) is 32.3 Å². The minimum Gasteiger partial charge on any atom is -0.492 e. The number of phosphoric acid groups is 1. The molecule has 0 aliphatic heterocycles.